The monoisotopic (exact) mass is 324 g/mol. The quantitative estimate of drug-likeness (QED) is 0.234. The van der Waals surface area contributed by atoms with Gasteiger partial charge in [0, 0.05) is 0 Å². The van der Waals surface area contributed by atoms with Crippen LogP contribution in [0, 0.1) is 11.3 Å². The summed E-state index contributed by atoms with van der Waals surface area (Å²) in [4.78, 5) is 0. The van der Waals surface area contributed by atoms with Gasteiger partial charge in [0.15, 0.2) is 0 Å². The molecule has 0 heterocycles. The van der Waals surface area contributed by atoms with Gasteiger partial charge in [-0.1, -0.05) is 118 Å². The van der Waals surface area contributed by atoms with Crippen LogP contribution in [0.2, 0.25) is 0 Å². The Balaban J connectivity index is 4.39. The molecule has 0 fully saturated rings. The summed E-state index contributed by atoms with van der Waals surface area (Å²) < 4.78 is 0. The first-order chi connectivity index (χ1) is 11.1. The second kappa shape index (κ2) is 15.5. The second-order valence-corrected chi connectivity index (χ2v) is 8.30. The molecule has 1 unspecified atom stereocenters. The summed E-state index contributed by atoms with van der Waals surface area (Å²) in [7, 11) is 0. The highest BCUT2D eigenvalue weighted by Gasteiger charge is 2.31. The van der Waals surface area contributed by atoms with Crippen molar-refractivity contribution in [2.75, 3.05) is 0 Å². The maximum Gasteiger partial charge on any atom is -0.0274 e. The minimum Gasteiger partial charge on any atom is -0.0654 e. The zero-order valence-corrected chi connectivity index (χ0v) is 17.4. The van der Waals surface area contributed by atoms with E-state index in [0.29, 0.717) is 5.41 Å². The van der Waals surface area contributed by atoms with Gasteiger partial charge < -0.3 is 0 Å². The molecule has 0 radical (unpaired) electrons. The number of hydrogen-bond donors (Lipinski definition) is 0. The Morgan fingerprint density at radius 3 is 1.22 bits per heavy atom. The van der Waals surface area contributed by atoms with Crippen molar-refractivity contribution in [3.63, 3.8) is 0 Å². The van der Waals surface area contributed by atoms with Gasteiger partial charge in [0.2, 0.25) is 0 Å². The van der Waals surface area contributed by atoms with Gasteiger partial charge >= 0.3 is 0 Å². The SMILES string of the molecule is CCCCCCCCC(CCCCC)(CCCCCC)C(C)C. The predicted molar refractivity (Wildman–Crippen MR) is 108 cm³/mol. The fraction of sp³-hybridized carbons (Fsp3) is 1.00. The molecule has 0 spiro atoms. The van der Waals surface area contributed by atoms with Crippen LogP contribution in [0.5, 0.6) is 0 Å². The maximum atomic E-state index is 2.50. The fourth-order valence-electron chi connectivity index (χ4n) is 4.13. The van der Waals surface area contributed by atoms with Gasteiger partial charge in [-0.3, -0.25) is 0 Å². The third kappa shape index (κ3) is 11.2. The van der Waals surface area contributed by atoms with Gasteiger partial charge in [0.05, 0.1) is 0 Å². The predicted octanol–water partition coefficient (Wildman–Crippen LogP) is 8.93. The lowest BCUT2D eigenvalue weighted by Gasteiger charge is -2.39. The molecule has 0 aliphatic heterocycles. The molecule has 0 N–H and O–H groups in total. The molecule has 0 aromatic carbocycles. The number of rotatable bonds is 17. The van der Waals surface area contributed by atoms with E-state index in [9.17, 15) is 0 Å². The fourth-order valence-corrected chi connectivity index (χ4v) is 4.13. The van der Waals surface area contributed by atoms with E-state index in [-0.39, 0.29) is 0 Å². The van der Waals surface area contributed by atoms with E-state index in [4.69, 9.17) is 0 Å². The molecular formula is C23H48. The van der Waals surface area contributed by atoms with E-state index < -0.39 is 0 Å². The molecule has 0 saturated heterocycles. The third-order valence-electron chi connectivity index (χ3n) is 6.06. The van der Waals surface area contributed by atoms with Gasteiger partial charge in [-0.25, -0.2) is 0 Å². The van der Waals surface area contributed by atoms with Gasteiger partial charge in [0.1, 0.15) is 0 Å². The zero-order chi connectivity index (χ0) is 17.4. The second-order valence-electron chi connectivity index (χ2n) is 8.30. The molecule has 0 nitrogen and oxygen atoms in total. The summed E-state index contributed by atoms with van der Waals surface area (Å²) >= 11 is 0. The molecule has 0 aliphatic rings. The molecule has 0 heteroatoms. The van der Waals surface area contributed by atoms with E-state index in [1.807, 2.05) is 0 Å². The average Bonchev–Trinajstić information content (AvgIpc) is 2.54. The van der Waals surface area contributed by atoms with Crippen molar-refractivity contribution >= 4 is 0 Å². The highest BCUT2D eigenvalue weighted by atomic mass is 14.4. The van der Waals surface area contributed by atoms with Crippen LogP contribution in [0.3, 0.4) is 0 Å². The molecule has 140 valence electrons. The van der Waals surface area contributed by atoms with Crippen LogP contribution in [-0.2, 0) is 0 Å². The Kier molecular flexibility index (Phi) is 15.5. The molecule has 0 aromatic rings. The molecule has 0 bridgehead atoms. The molecular weight excluding hydrogens is 276 g/mol. The lowest BCUT2D eigenvalue weighted by atomic mass is 9.67. The highest BCUT2D eigenvalue weighted by Crippen LogP contribution is 2.43. The lowest BCUT2D eigenvalue weighted by Crippen LogP contribution is -2.27. The van der Waals surface area contributed by atoms with Crippen LogP contribution in [0.4, 0.5) is 0 Å². The average molecular weight is 325 g/mol. The van der Waals surface area contributed by atoms with Crippen molar-refractivity contribution in [3.05, 3.63) is 0 Å². The van der Waals surface area contributed by atoms with Crippen LogP contribution in [0.1, 0.15) is 137 Å². The summed E-state index contributed by atoms with van der Waals surface area (Å²) in [5.74, 6) is 0.858. The number of unbranched alkanes of at least 4 members (excludes halogenated alkanes) is 10. The van der Waals surface area contributed by atoms with Gasteiger partial charge in [-0.2, -0.15) is 0 Å². The summed E-state index contributed by atoms with van der Waals surface area (Å²) in [6, 6.07) is 0. The van der Waals surface area contributed by atoms with Crippen molar-refractivity contribution < 1.29 is 0 Å². The first-order valence-electron chi connectivity index (χ1n) is 11.1. The Morgan fingerprint density at radius 1 is 0.478 bits per heavy atom. The zero-order valence-electron chi connectivity index (χ0n) is 17.4. The van der Waals surface area contributed by atoms with Crippen LogP contribution >= 0.6 is 0 Å². The summed E-state index contributed by atoms with van der Waals surface area (Å²) in [6.45, 7) is 12.0. The molecule has 0 amide bonds. The van der Waals surface area contributed by atoms with E-state index in [0.717, 1.165) is 5.92 Å². The first-order valence-corrected chi connectivity index (χ1v) is 11.1. The standard InChI is InChI=1S/C23H48/c1-6-9-12-14-15-18-21-23(22(4)5,19-16-11-8-3)20-17-13-10-7-2/h22H,6-21H2,1-5H3. The van der Waals surface area contributed by atoms with Crippen LogP contribution < -0.4 is 0 Å². The smallest absolute Gasteiger partial charge is 0.0274 e. The third-order valence-corrected chi connectivity index (χ3v) is 6.06. The van der Waals surface area contributed by atoms with Gasteiger partial charge in [-0.05, 0) is 30.6 Å². The molecule has 0 aromatic heterocycles. The highest BCUT2D eigenvalue weighted by molar-refractivity contribution is 4.82. The molecule has 23 heavy (non-hydrogen) atoms. The van der Waals surface area contributed by atoms with Gasteiger partial charge in [0.25, 0.3) is 0 Å². The number of hydrogen-bond acceptors (Lipinski definition) is 0. The van der Waals surface area contributed by atoms with Crippen molar-refractivity contribution in [1.82, 2.24) is 0 Å². The Hall–Kier alpha value is 0. The van der Waals surface area contributed by atoms with Crippen LogP contribution in [0.15, 0.2) is 0 Å². The van der Waals surface area contributed by atoms with Crippen molar-refractivity contribution in [1.29, 1.82) is 0 Å². The molecule has 1 atom stereocenters. The Bertz CT molecular complexity index is 230. The summed E-state index contributed by atoms with van der Waals surface area (Å²) in [5, 5.41) is 0. The maximum absolute atomic E-state index is 2.50. The van der Waals surface area contributed by atoms with Gasteiger partial charge in [-0.15, -0.1) is 0 Å². The van der Waals surface area contributed by atoms with E-state index in [1.165, 1.54) is 103 Å². The van der Waals surface area contributed by atoms with E-state index in [1.54, 1.807) is 0 Å². The molecule has 0 aliphatic carbocycles. The van der Waals surface area contributed by atoms with Crippen LogP contribution in [-0.4, -0.2) is 0 Å². The normalized spacial score (nSPS) is 14.3. The largest absolute Gasteiger partial charge is 0.0654 e. The topological polar surface area (TPSA) is 0 Å². The first kappa shape index (κ1) is 23.0. The summed E-state index contributed by atoms with van der Waals surface area (Å²) in [6.07, 6.45) is 23.1. The van der Waals surface area contributed by atoms with Crippen molar-refractivity contribution in [3.8, 4) is 0 Å². The van der Waals surface area contributed by atoms with E-state index in [2.05, 4.69) is 34.6 Å². The minimum absolute atomic E-state index is 0.646. The summed E-state index contributed by atoms with van der Waals surface area (Å²) in [5.41, 5.74) is 0.646. The van der Waals surface area contributed by atoms with Crippen molar-refractivity contribution in [2.24, 2.45) is 11.3 Å². The Morgan fingerprint density at radius 2 is 0.783 bits per heavy atom. The van der Waals surface area contributed by atoms with Crippen LogP contribution in [0.25, 0.3) is 0 Å². The molecule has 0 saturated carbocycles. The van der Waals surface area contributed by atoms with E-state index >= 15 is 0 Å². The molecule has 0 rings (SSSR count). The Labute approximate surface area is 149 Å². The van der Waals surface area contributed by atoms with Crippen molar-refractivity contribution in [2.45, 2.75) is 137 Å². The lowest BCUT2D eigenvalue weighted by molar-refractivity contribution is 0.123. The minimum atomic E-state index is 0.646.